The molecule has 1 spiro atoms. The minimum Gasteiger partial charge on any atom is -0.310 e. The molecule has 0 unspecified atom stereocenters. The maximum absolute atomic E-state index is 2.49. The van der Waals surface area contributed by atoms with Crippen LogP contribution < -0.4 is 4.90 Å². The molecule has 64 heavy (non-hydrogen) atoms. The number of aromatic nitrogens is 1. The number of nitrogens with zero attached hydrogens (tertiary/aromatic N) is 2. The molecule has 11 aromatic rings. The van der Waals surface area contributed by atoms with Crippen LogP contribution in [0.4, 0.5) is 17.1 Å². The van der Waals surface area contributed by atoms with Crippen molar-refractivity contribution in [2.75, 3.05) is 4.90 Å². The van der Waals surface area contributed by atoms with Gasteiger partial charge in [0.1, 0.15) is 0 Å². The molecule has 0 saturated carbocycles. The van der Waals surface area contributed by atoms with Gasteiger partial charge in [-0.15, -0.1) is 0 Å². The van der Waals surface area contributed by atoms with E-state index in [0.29, 0.717) is 0 Å². The molecule has 14 rings (SSSR count). The summed E-state index contributed by atoms with van der Waals surface area (Å²) in [4.78, 5) is 2.48. The van der Waals surface area contributed by atoms with Gasteiger partial charge in [0.25, 0.3) is 0 Å². The molecule has 0 fully saturated rings. The first-order chi connectivity index (χ1) is 31.5. The minimum atomic E-state index is -0.460. The van der Waals surface area contributed by atoms with Crippen molar-refractivity contribution in [1.29, 1.82) is 0 Å². The number of anilines is 3. The van der Waals surface area contributed by atoms with Gasteiger partial charge in [-0.1, -0.05) is 184 Å². The third-order valence-corrected chi connectivity index (χ3v) is 15.0. The van der Waals surface area contributed by atoms with Crippen LogP contribution in [0.25, 0.3) is 71.6 Å². The van der Waals surface area contributed by atoms with Gasteiger partial charge in [0.05, 0.1) is 22.1 Å². The zero-order chi connectivity index (χ0) is 42.3. The lowest BCUT2D eigenvalue weighted by atomic mass is 9.61. The third-order valence-electron chi connectivity index (χ3n) is 15.0. The van der Waals surface area contributed by atoms with Crippen LogP contribution in [0, 0.1) is 0 Å². The van der Waals surface area contributed by atoms with Crippen LogP contribution in [0.1, 0.15) is 47.2 Å². The molecule has 2 heteroatoms. The number of hydrogen-bond acceptors (Lipinski definition) is 1. The summed E-state index contributed by atoms with van der Waals surface area (Å²) in [6.07, 6.45) is 0. The SMILES string of the molecule is CC1(C)c2ccccc2-c2ccc(-n3c4ccccc4c4ccc(N(c5ccccc5)c5ccc6c7c(cccc57)C5(c7ccccc7-c7ccccc75)c5ccccc5-6)cc43)cc21. The van der Waals surface area contributed by atoms with Gasteiger partial charge in [-0.05, 0) is 121 Å². The highest BCUT2D eigenvalue weighted by Gasteiger charge is 2.50. The number of rotatable bonds is 4. The van der Waals surface area contributed by atoms with E-state index in [0.717, 1.165) is 17.1 Å². The predicted molar refractivity (Wildman–Crippen MR) is 267 cm³/mol. The highest BCUT2D eigenvalue weighted by Crippen LogP contribution is 2.62. The van der Waals surface area contributed by atoms with Gasteiger partial charge < -0.3 is 9.47 Å². The molecule has 1 aromatic heterocycles. The van der Waals surface area contributed by atoms with Gasteiger partial charge in [0.2, 0.25) is 0 Å². The van der Waals surface area contributed by atoms with Crippen LogP contribution in [0.3, 0.4) is 0 Å². The van der Waals surface area contributed by atoms with Crippen molar-refractivity contribution < 1.29 is 0 Å². The quantitative estimate of drug-likeness (QED) is 0.172. The van der Waals surface area contributed by atoms with Crippen molar-refractivity contribution in [1.82, 2.24) is 4.57 Å². The van der Waals surface area contributed by atoms with E-state index in [1.54, 1.807) is 0 Å². The standard InChI is InChI=1S/C62H42N2/c1-61(2)51-25-11-6-19-42(51)46-33-31-40(37-56(46)61)64-57-30-15-10-23-47(57)48-34-32-41(38-59(48)64)63(39-17-4-3-5-18-39)58-36-35-49-45-22-9-14-28-54(45)62(55-29-16-24-50(58)60(49)55)52-26-12-7-20-43(52)44-21-8-13-27-53(44)62/h3-38H,1-2H3. The summed E-state index contributed by atoms with van der Waals surface area (Å²) in [5, 5.41) is 5.03. The Morgan fingerprint density at radius 2 is 0.875 bits per heavy atom. The van der Waals surface area contributed by atoms with E-state index in [9.17, 15) is 0 Å². The molecule has 300 valence electrons. The van der Waals surface area contributed by atoms with Gasteiger partial charge in [-0.25, -0.2) is 0 Å². The number of para-hydroxylation sites is 2. The number of fused-ring (bicyclic) bond motifs is 15. The second-order valence-electron chi connectivity index (χ2n) is 18.4. The molecule has 0 saturated heterocycles. The molecular formula is C62H42N2. The van der Waals surface area contributed by atoms with Gasteiger partial charge >= 0.3 is 0 Å². The Hall–Kier alpha value is -7.94. The van der Waals surface area contributed by atoms with Crippen LogP contribution in [-0.2, 0) is 10.8 Å². The smallest absolute Gasteiger partial charge is 0.0725 e. The van der Waals surface area contributed by atoms with E-state index in [2.05, 4.69) is 242 Å². The van der Waals surface area contributed by atoms with Gasteiger partial charge in [0.15, 0.2) is 0 Å². The van der Waals surface area contributed by atoms with Crippen molar-refractivity contribution in [2.45, 2.75) is 24.7 Å². The first-order valence-electron chi connectivity index (χ1n) is 22.5. The monoisotopic (exact) mass is 814 g/mol. The summed E-state index contributed by atoms with van der Waals surface area (Å²) in [5.41, 5.74) is 22.4. The molecule has 3 aliphatic rings. The molecule has 0 N–H and O–H groups in total. The first kappa shape index (κ1) is 35.6. The molecule has 0 aliphatic heterocycles. The molecule has 0 atom stereocenters. The molecule has 10 aromatic carbocycles. The fourth-order valence-corrected chi connectivity index (χ4v) is 12.3. The van der Waals surface area contributed by atoms with Crippen molar-refractivity contribution in [3.8, 4) is 39.1 Å². The van der Waals surface area contributed by atoms with Crippen LogP contribution in [0.2, 0.25) is 0 Å². The Bertz CT molecular complexity index is 3730. The summed E-state index contributed by atoms with van der Waals surface area (Å²) >= 11 is 0. The summed E-state index contributed by atoms with van der Waals surface area (Å²) in [5.74, 6) is 0. The topological polar surface area (TPSA) is 8.17 Å². The summed E-state index contributed by atoms with van der Waals surface area (Å²) < 4.78 is 2.49. The Balaban J connectivity index is 1.03. The van der Waals surface area contributed by atoms with E-state index < -0.39 is 5.41 Å². The second kappa shape index (κ2) is 12.8. The van der Waals surface area contributed by atoms with E-state index in [1.807, 2.05) is 0 Å². The lowest BCUT2D eigenvalue weighted by Gasteiger charge is -2.40. The first-order valence-corrected chi connectivity index (χ1v) is 22.5. The van der Waals surface area contributed by atoms with Crippen LogP contribution in [-0.4, -0.2) is 4.57 Å². The van der Waals surface area contributed by atoms with E-state index >= 15 is 0 Å². The Morgan fingerprint density at radius 3 is 1.59 bits per heavy atom. The molecule has 3 aliphatic carbocycles. The van der Waals surface area contributed by atoms with Crippen molar-refractivity contribution in [3.63, 3.8) is 0 Å². The largest absolute Gasteiger partial charge is 0.310 e. The average molecular weight is 815 g/mol. The maximum Gasteiger partial charge on any atom is 0.0725 e. The molecule has 1 heterocycles. The van der Waals surface area contributed by atoms with Crippen molar-refractivity contribution in [3.05, 3.63) is 252 Å². The Labute approximate surface area is 372 Å². The van der Waals surface area contributed by atoms with Crippen LogP contribution >= 0.6 is 0 Å². The normalized spacial score (nSPS) is 14.3. The molecule has 0 radical (unpaired) electrons. The second-order valence-corrected chi connectivity index (χ2v) is 18.4. The fraction of sp³-hybridized carbons (Fsp3) is 0.0645. The van der Waals surface area contributed by atoms with Gasteiger partial charge in [-0.3, -0.25) is 0 Å². The fourth-order valence-electron chi connectivity index (χ4n) is 12.3. The zero-order valence-electron chi connectivity index (χ0n) is 35.7. The van der Waals surface area contributed by atoms with E-state index in [-0.39, 0.29) is 5.41 Å². The van der Waals surface area contributed by atoms with Gasteiger partial charge in [0, 0.05) is 38.6 Å². The number of benzene rings is 10. The molecule has 2 nitrogen and oxygen atoms in total. The van der Waals surface area contributed by atoms with Gasteiger partial charge in [-0.2, -0.15) is 0 Å². The highest BCUT2D eigenvalue weighted by atomic mass is 15.1. The molecular weight excluding hydrogens is 773 g/mol. The maximum atomic E-state index is 2.49. The van der Waals surface area contributed by atoms with Crippen molar-refractivity contribution >= 4 is 49.6 Å². The Kier molecular flexibility index (Phi) is 7.13. The van der Waals surface area contributed by atoms with Crippen LogP contribution in [0.15, 0.2) is 218 Å². The summed E-state index contributed by atoms with van der Waals surface area (Å²) in [6.45, 7) is 4.74. The number of hydrogen-bond donors (Lipinski definition) is 0. The van der Waals surface area contributed by atoms with E-state index in [1.165, 1.54) is 105 Å². The minimum absolute atomic E-state index is 0.105. The Morgan fingerprint density at radius 1 is 0.344 bits per heavy atom. The van der Waals surface area contributed by atoms with Crippen LogP contribution in [0.5, 0.6) is 0 Å². The third kappa shape index (κ3) is 4.49. The predicted octanol–water partition coefficient (Wildman–Crippen LogP) is 16.1. The van der Waals surface area contributed by atoms with Crippen molar-refractivity contribution in [2.24, 2.45) is 0 Å². The van der Waals surface area contributed by atoms with E-state index in [4.69, 9.17) is 0 Å². The highest BCUT2D eigenvalue weighted by molar-refractivity contribution is 6.14. The average Bonchev–Trinajstić information content (AvgIpc) is 3.92. The summed E-state index contributed by atoms with van der Waals surface area (Å²) in [7, 11) is 0. The summed E-state index contributed by atoms with van der Waals surface area (Å²) in [6, 6.07) is 82.0. The zero-order valence-corrected chi connectivity index (χ0v) is 35.7. The molecule has 0 bridgehead atoms. The molecule has 0 amide bonds. The lowest BCUT2D eigenvalue weighted by Crippen LogP contribution is -2.31. The lowest BCUT2D eigenvalue weighted by molar-refractivity contribution is 0.660.